The number of nitro groups is 1. The lowest BCUT2D eigenvalue weighted by molar-refractivity contribution is -0.388. The average molecular weight is 487 g/mol. The minimum atomic E-state index is -4.98. The van der Waals surface area contributed by atoms with E-state index in [2.05, 4.69) is 10.4 Å². The number of carbonyl (C=O) groups is 1. The summed E-state index contributed by atoms with van der Waals surface area (Å²) in [6, 6.07) is 17.7. The molecule has 172 valence electrons. The molecular weight excluding hydrogens is 473 g/mol. The van der Waals surface area contributed by atoms with Crippen LogP contribution >= 0.6 is 11.6 Å². The van der Waals surface area contributed by atoms with Gasteiger partial charge < -0.3 is 5.32 Å². The quantitative estimate of drug-likeness (QED) is 0.262. The van der Waals surface area contributed by atoms with Gasteiger partial charge in [0.1, 0.15) is 11.3 Å². The molecule has 4 aromatic rings. The summed E-state index contributed by atoms with van der Waals surface area (Å²) in [5, 5.41) is 18.3. The topological polar surface area (TPSA) is 90.1 Å². The SMILES string of the molecule is O=C(Nc1ccc([N+](=O)[O-])c(C(F)(F)F)c1)c1cn(-c2ccccc2)nc1-c1ccc(Cl)cc1. The molecule has 0 spiro atoms. The Balaban J connectivity index is 1.75. The molecule has 0 radical (unpaired) electrons. The Morgan fingerprint density at radius 2 is 1.71 bits per heavy atom. The van der Waals surface area contributed by atoms with E-state index in [0.29, 0.717) is 28.4 Å². The first-order valence-corrected chi connectivity index (χ1v) is 10.1. The van der Waals surface area contributed by atoms with Gasteiger partial charge in [-0.2, -0.15) is 18.3 Å². The van der Waals surface area contributed by atoms with E-state index < -0.39 is 28.3 Å². The van der Waals surface area contributed by atoms with Crippen molar-refractivity contribution in [1.82, 2.24) is 9.78 Å². The number of halogens is 4. The minimum absolute atomic E-state index is 0.0816. The summed E-state index contributed by atoms with van der Waals surface area (Å²) in [6.07, 6.45) is -3.53. The van der Waals surface area contributed by atoms with Gasteiger partial charge in [0.25, 0.3) is 11.6 Å². The molecule has 1 heterocycles. The largest absolute Gasteiger partial charge is 0.423 e. The Bertz CT molecular complexity index is 1370. The molecule has 0 aliphatic heterocycles. The van der Waals surface area contributed by atoms with E-state index in [4.69, 9.17) is 11.6 Å². The molecule has 1 amide bonds. The van der Waals surface area contributed by atoms with Gasteiger partial charge in [0.15, 0.2) is 0 Å². The third kappa shape index (κ3) is 4.76. The molecule has 0 aliphatic carbocycles. The van der Waals surface area contributed by atoms with E-state index in [0.717, 1.165) is 6.07 Å². The maximum Gasteiger partial charge on any atom is 0.423 e. The van der Waals surface area contributed by atoms with Crippen LogP contribution in [0.5, 0.6) is 0 Å². The number of hydrogen-bond acceptors (Lipinski definition) is 4. The van der Waals surface area contributed by atoms with Crippen LogP contribution in [0.4, 0.5) is 24.5 Å². The van der Waals surface area contributed by atoms with E-state index >= 15 is 0 Å². The Labute approximate surface area is 195 Å². The number of nitrogens with zero attached hydrogens (tertiary/aromatic N) is 3. The number of anilines is 1. The van der Waals surface area contributed by atoms with E-state index in [1.807, 2.05) is 6.07 Å². The number of benzene rings is 3. The molecular formula is C23H14ClF3N4O3. The van der Waals surface area contributed by atoms with Crippen LogP contribution in [0.3, 0.4) is 0 Å². The van der Waals surface area contributed by atoms with Crippen molar-refractivity contribution < 1.29 is 22.9 Å². The number of nitro benzene ring substituents is 1. The van der Waals surface area contributed by atoms with Gasteiger partial charge in [0, 0.05) is 28.5 Å². The van der Waals surface area contributed by atoms with Crippen molar-refractivity contribution in [3.8, 4) is 16.9 Å². The average Bonchev–Trinajstić information content (AvgIpc) is 3.25. The highest BCUT2D eigenvalue weighted by molar-refractivity contribution is 6.30. The van der Waals surface area contributed by atoms with Gasteiger partial charge in [-0.3, -0.25) is 14.9 Å². The summed E-state index contributed by atoms with van der Waals surface area (Å²) in [4.78, 5) is 23.0. The molecule has 1 aromatic heterocycles. The highest BCUT2D eigenvalue weighted by Gasteiger charge is 2.38. The van der Waals surface area contributed by atoms with Crippen LogP contribution in [0.15, 0.2) is 79.0 Å². The van der Waals surface area contributed by atoms with Crippen LogP contribution in [0, 0.1) is 10.1 Å². The highest BCUT2D eigenvalue weighted by Crippen LogP contribution is 2.37. The number of amides is 1. The van der Waals surface area contributed by atoms with Gasteiger partial charge in [-0.05, 0) is 36.4 Å². The number of alkyl halides is 3. The Hall–Kier alpha value is -4.18. The van der Waals surface area contributed by atoms with Crippen molar-refractivity contribution in [1.29, 1.82) is 0 Å². The lowest BCUT2D eigenvalue weighted by atomic mass is 10.1. The van der Waals surface area contributed by atoms with Crippen molar-refractivity contribution >= 4 is 28.9 Å². The Kier molecular flexibility index (Phi) is 6.08. The maximum atomic E-state index is 13.3. The zero-order valence-electron chi connectivity index (χ0n) is 17.1. The molecule has 0 saturated carbocycles. The van der Waals surface area contributed by atoms with Crippen LogP contribution in [-0.4, -0.2) is 20.6 Å². The lowest BCUT2D eigenvalue weighted by Crippen LogP contribution is -2.14. The van der Waals surface area contributed by atoms with Gasteiger partial charge in [-0.15, -0.1) is 0 Å². The summed E-state index contributed by atoms with van der Waals surface area (Å²) in [7, 11) is 0. The van der Waals surface area contributed by atoms with Crippen molar-refractivity contribution in [2.24, 2.45) is 0 Å². The third-order valence-corrected chi connectivity index (χ3v) is 5.11. The number of nitrogens with one attached hydrogen (secondary N) is 1. The molecule has 0 unspecified atom stereocenters. The first kappa shape index (κ1) is 23.0. The number of rotatable bonds is 5. The van der Waals surface area contributed by atoms with Gasteiger partial charge in [0.2, 0.25) is 0 Å². The Morgan fingerprint density at radius 3 is 2.32 bits per heavy atom. The van der Waals surface area contributed by atoms with Crippen molar-refractivity contribution in [2.45, 2.75) is 6.18 Å². The monoisotopic (exact) mass is 486 g/mol. The molecule has 4 rings (SSSR count). The molecule has 0 bridgehead atoms. The molecule has 0 saturated heterocycles. The summed E-state index contributed by atoms with van der Waals surface area (Å²) in [5.41, 5.74) is -1.25. The summed E-state index contributed by atoms with van der Waals surface area (Å²) >= 11 is 5.95. The summed E-state index contributed by atoms with van der Waals surface area (Å²) in [5.74, 6) is -0.742. The second-order valence-corrected chi connectivity index (χ2v) is 7.56. The van der Waals surface area contributed by atoms with Gasteiger partial charge in [-0.1, -0.05) is 41.9 Å². The standard InChI is InChI=1S/C23H14ClF3N4O3/c24-15-8-6-14(7-9-15)21-18(13-30(29-21)17-4-2-1-3-5-17)22(32)28-16-10-11-20(31(33)34)19(12-16)23(25,26)27/h1-13H,(H,28,32). The molecule has 7 nitrogen and oxygen atoms in total. The van der Waals surface area contributed by atoms with E-state index in [1.165, 1.54) is 10.9 Å². The first-order chi connectivity index (χ1) is 16.1. The van der Waals surface area contributed by atoms with Crippen LogP contribution in [-0.2, 0) is 6.18 Å². The smallest absolute Gasteiger partial charge is 0.322 e. The third-order valence-electron chi connectivity index (χ3n) is 4.85. The summed E-state index contributed by atoms with van der Waals surface area (Å²) in [6.45, 7) is 0. The fourth-order valence-electron chi connectivity index (χ4n) is 3.27. The molecule has 34 heavy (non-hydrogen) atoms. The second-order valence-electron chi connectivity index (χ2n) is 7.12. The first-order valence-electron chi connectivity index (χ1n) is 9.71. The normalized spacial score (nSPS) is 11.3. The van der Waals surface area contributed by atoms with Crippen molar-refractivity contribution in [2.75, 3.05) is 5.32 Å². The van der Waals surface area contributed by atoms with E-state index in [9.17, 15) is 28.1 Å². The predicted molar refractivity (Wildman–Crippen MR) is 120 cm³/mol. The summed E-state index contributed by atoms with van der Waals surface area (Å²) < 4.78 is 41.4. The Morgan fingerprint density at radius 1 is 1.03 bits per heavy atom. The fraction of sp³-hybridized carbons (Fsp3) is 0.0435. The molecule has 0 fully saturated rings. The van der Waals surface area contributed by atoms with Crippen LogP contribution in [0.2, 0.25) is 5.02 Å². The number of carbonyl (C=O) groups excluding carboxylic acids is 1. The maximum absolute atomic E-state index is 13.3. The second kappa shape index (κ2) is 8.99. The lowest BCUT2D eigenvalue weighted by Gasteiger charge is -2.10. The van der Waals surface area contributed by atoms with E-state index in [1.54, 1.807) is 48.5 Å². The number of para-hydroxylation sites is 1. The predicted octanol–water partition coefficient (Wildman–Crippen LogP) is 6.37. The number of aromatic nitrogens is 2. The van der Waals surface area contributed by atoms with Gasteiger partial charge in [-0.25, -0.2) is 4.68 Å². The van der Waals surface area contributed by atoms with E-state index in [-0.39, 0.29) is 16.9 Å². The molecule has 1 N–H and O–H groups in total. The van der Waals surface area contributed by atoms with Crippen molar-refractivity contribution in [3.05, 3.63) is 105 Å². The molecule has 0 atom stereocenters. The highest BCUT2D eigenvalue weighted by atomic mass is 35.5. The molecule has 11 heteroatoms. The van der Waals surface area contributed by atoms with Crippen molar-refractivity contribution in [3.63, 3.8) is 0 Å². The van der Waals surface area contributed by atoms with Crippen LogP contribution < -0.4 is 5.32 Å². The minimum Gasteiger partial charge on any atom is -0.322 e. The molecule has 3 aromatic carbocycles. The van der Waals surface area contributed by atoms with Crippen LogP contribution in [0.1, 0.15) is 15.9 Å². The fourth-order valence-corrected chi connectivity index (χ4v) is 3.40. The zero-order valence-corrected chi connectivity index (χ0v) is 17.8. The van der Waals surface area contributed by atoms with Gasteiger partial charge in [0.05, 0.1) is 16.2 Å². The van der Waals surface area contributed by atoms with Gasteiger partial charge >= 0.3 is 6.18 Å². The number of hydrogen-bond donors (Lipinski definition) is 1. The van der Waals surface area contributed by atoms with Crippen LogP contribution in [0.25, 0.3) is 16.9 Å². The zero-order chi connectivity index (χ0) is 24.5. The molecule has 0 aliphatic rings.